The molecule has 0 radical (unpaired) electrons. The van der Waals surface area contributed by atoms with E-state index in [1.165, 1.54) is 17.7 Å². The summed E-state index contributed by atoms with van der Waals surface area (Å²) in [6, 6.07) is 7.22. The molecule has 0 amide bonds. The van der Waals surface area contributed by atoms with Gasteiger partial charge in [-0.2, -0.15) is 0 Å². The molecule has 1 aromatic rings. The van der Waals surface area contributed by atoms with Crippen LogP contribution in [0.5, 0.6) is 0 Å². The fraction of sp³-hybridized carbons (Fsp3) is 0.625. The molecule has 3 unspecified atom stereocenters. The number of nitrogens with two attached hydrogens (primary N) is 1. The summed E-state index contributed by atoms with van der Waals surface area (Å²) in [6.07, 6.45) is 2.28. The van der Waals surface area contributed by atoms with Gasteiger partial charge < -0.3 is 10.6 Å². The molecular formula is C16H25BrN2. The van der Waals surface area contributed by atoms with Gasteiger partial charge in [-0.25, -0.2) is 0 Å². The number of hydrogen-bond donors (Lipinski definition) is 1. The Hall–Kier alpha value is -0.540. The van der Waals surface area contributed by atoms with Crippen LogP contribution in [0, 0.1) is 11.8 Å². The third-order valence-corrected chi connectivity index (χ3v) is 4.86. The minimum absolute atomic E-state index is 0.605. The van der Waals surface area contributed by atoms with Gasteiger partial charge in [0.1, 0.15) is 0 Å². The molecule has 0 aliphatic carbocycles. The molecule has 2 N–H and O–H groups in total. The van der Waals surface area contributed by atoms with E-state index in [0.29, 0.717) is 12.6 Å². The van der Waals surface area contributed by atoms with Gasteiger partial charge in [0, 0.05) is 22.7 Å². The number of halogens is 1. The molecule has 1 aromatic carbocycles. The van der Waals surface area contributed by atoms with Crippen molar-refractivity contribution >= 4 is 21.6 Å². The van der Waals surface area contributed by atoms with Crippen LogP contribution < -0.4 is 10.6 Å². The first kappa shape index (κ1) is 14.9. The second kappa shape index (κ2) is 6.27. The molecule has 19 heavy (non-hydrogen) atoms. The second-order valence-corrected chi connectivity index (χ2v) is 6.94. The molecule has 1 aliphatic heterocycles. The zero-order valence-corrected chi connectivity index (χ0v) is 13.8. The minimum Gasteiger partial charge on any atom is -0.368 e. The molecule has 2 nitrogen and oxygen atoms in total. The van der Waals surface area contributed by atoms with Crippen LogP contribution in [0.3, 0.4) is 0 Å². The lowest BCUT2D eigenvalue weighted by molar-refractivity contribution is 0.296. The van der Waals surface area contributed by atoms with E-state index < -0.39 is 0 Å². The van der Waals surface area contributed by atoms with E-state index in [1.54, 1.807) is 0 Å². The van der Waals surface area contributed by atoms with Crippen LogP contribution in [0.1, 0.15) is 32.8 Å². The van der Waals surface area contributed by atoms with Crippen LogP contribution in [0.4, 0.5) is 5.69 Å². The monoisotopic (exact) mass is 324 g/mol. The molecule has 1 saturated heterocycles. The molecule has 2 rings (SSSR count). The Morgan fingerprint density at radius 2 is 2.05 bits per heavy atom. The Bertz CT molecular complexity index is 433. The maximum absolute atomic E-state index is 5.76. The fourth-order valence-corrected chi connectivity index (χ4v) is 3.63. The zero-order chi connectivity index (χ0) is 14.0. The van der Waals surface area contributed by atoms with Gasteiger partial charge in [0.2, 0.25) is 0 Å². The third-order valence-electron chi connectivity index (χ3n) is 4.36. The molecule has 3 heteroatoms. The number of benzene rings is 1. The molecule has 3 atom stereocenters. The Labute approximate surface area is 125 Å². The van der Waals surface area contributed by atoms with Crippen LogP contribution in [-0.2, 0) is 6.42 Å². The summed E-state index contributed by atoms with van der Waals surface area (Å²) in [5.41, 5.74) is 8.50. The second-order valence-electron chi connectivity index (χ2n) is 6.02. The smallest absolute Gasteiger partial charge is 0.0402 e. The topological polar surface area (TPSA) is 29.3 Å². The van der Waals surface area contributed by atoms with Crippen molar-refractivity contribution in [1.82, 2.24) is 0 Å². The molecule has 0 aromatic heterocycles. The van der Waals surface area contributed by atoms with E-state index in [9.17, 15) is 0 Å². The Morgan fingerprint density at radius 1 is 1.32 bits per heavy atom. The molecule has 1 fully saturated rings. The normalized spacial score (nSPS) is 27.6. The zero-order valence-electron chi connectivity index (χ0n) is 12.2. The molecule has 0 spiro atoms. The first-order valence-corrected chi connectivity index (χ1v) is 8.07. The summed E-state index contributed by atoms with van der Waals surface area (Å²) in [5.74, 6) is 1.51. The van der Waals surface area contributed by atoms with E-state index >= 15 is 0 Å². The van der Waals surface area contributed by atoms with Crippen molar-refractivity contribution in [2.24, 2.45) is 17.6 Å². The highest BCUT2D eigenvalue weighted by Crippen LogP contribution is 2.34. The SMILES string of the molecule is CC1CC(C)C(C)N(c2ccc(Br)cc2CCN)C1. The van der Waals surface area contributed by atoms with Crippen molar-refractivity contribution in [3.05, 3.63) is 28.2 Å². The number of anilines is 1. The summed E-state index contributed by atoms with van der Waals surface area (Å²) in [4.78, 5) is 2.58. The number of hydrogen-bond acceptors (Lipinski definition) is 2. The van der Waals surface area contributed by atoms with E-state index in [0.717, 1.165) is 29.3 Å². The van der Waals surface area contributed by atoms with Crippen molar-refractivity contribution in [3.8, 4) is 0 Å². The van der Waals surface area contributed by atoms with Crippen LogP contribution in [0.25, 0.3) is 0 Å². The summed E-state index contributed by atoms with van der Waals surface area (Å²) in [7, 11) is 0. The predicted octanol–water partition coefficient (Wildman–Crippen LogP) is 3.82. The van der Waals surface area contributed by atoms with Crippen LogP contribution in [0.2, 0.25) is 0 Å². The molecule has 1 heterocycles. The van der Waals surface area contributed by atoms with Crippen LogP contribution >= 0.6 is 15.9 Å². The highest BCUT2D eigenvalue weighted by molar-refractivity contribution is 9.10. The molecule has 1 aliphatic rings. The number of rotatable bonds is 3. The molecule has 0 bridgehead atoms. The first-order chi connectivity index (χ1) is 9.02. The van der Waals surface area contributed by atoms with Crippen molar-refractivity contribution < 1.29 is 0 Å². The Morgan fingerprint density at radius 3 is 2.74 bits per heavy atom. The van der Waals surface area contributed by atoms with Crippen LogP contribution in [-0.4, -0.2) is 19.1 Å². The summed E-state index contributed by atoms with van der Waals surface area (Å²) >= 11 is 3.57. The number of nitrogens with zero attached hydrogens (tertiary/aromatic N) is 1. The Balaban J connectivity index is 2.33. The van der Waals surface area contributed by atoms with E-state index in [4.69, 9.17) is 5.73 Å². The third kappa shape index (κ3) is 3.32. The summed E-state index contributed by atoms with van der Waals surface area (Å²) in [5, 5.41) is 0. The van der Waals surface area contributed by atoms with Crippen molar-refractivity contribution in [1.29, 1.82) is 0 Å². The average Bonchev–Trinajstić information content (AvgIpc) is 2.35. The first-order valence-electron chi connectivity index (χ1n) is 7.28. The van der Waals surface area contributed by atoms with E-state index in [2.05, 4.69) is 59.8 Å². The van der Waals surface area contributed by atoms with Gasteiger partial charge in [-0.1, -0.05) is 29.8 Å². The van der Waals surface area contributed by atoms with Crippen molar-refractivity contribution in [2.75, 3.05) is 18.0 Å². The van der Waals surface area contributed by atoms with Gasteiger partial charge in [-0.15, -0.1) is 0 Å². The molecule has 0 saturated carbocycles. The van der Waals surface area contributed by atoms with E-state index in [1.807, 2.05) is 0 Å². The van der Waals surface area contributed by atoms with Gasteiger partial charge in [0.05, 0.1) is 0 Å². The Kier molecular flexibility index (Phi) is 4.91. The average molecular weight is 325 g/mol. The van der Waals surface area contributed by atoms with Crippen molar-refractivity contribution in [3.63, 3.8) is 0 Å². The van der Waals surface area contributed by atoms with Gasteiger partial charge in [0.15, 0.2) is 0 Å². The maximum atomic E-state index is 5.76. The lowest BCUT2D eigenvalue weighted by Gasteiger charge is -2.43. The van der Waals surface area contributed by atoms with E-state index in [-0.39, 0.29) is 0 Å². The largest absolute Gasteiger partial charge is 0.368 e. The van der Waals surface area contributed by atoms with Crippen LogP contribution in [0.15, 0.2) is 22.7 Å². The lowest BCUT2D eigenvalue weighted by Crippen LogP contribution is -2.46. The minimum atomic E-state index is 0.605. The lowest BCUT2D eigenvalue weighted by atomic mass is 9.85. The number of piperidine rings is 1. The summed E-state index contributed by atoms with van der Waals surface area (Å²) < 4.78 is 1.14. The maximum Gasteiger partial charge on any atom is 0.0402 e. The highest BCUT2D eigenvalue weighted by atomic mass is 79.9. The van der Waals surface area contributed by atoms with Gasteiger partial charge in [-0.3, -0.25) is 0 Å². The van der Waals surface area contributed by atoms with Gasteiger partial charge >= 0.3 is 0 Å². The molecular weight excluding hydrogens is 300 g/mol. The van der Waals surface area contributed by atoms with Gasteiger partial charge in [0.25, 0.3) is 0 Å². The van der Waals surface area contributed by atoms with Crippen molar-refractivity contribution in [2.45, 2.75) is 39.7 Å². The predicted molar refractivity (Wildman–Crippen MR) is 86.7 cm³/mol. The van der Waals surface area contributed by atoms with Gasteiger partial charge in [-0.05, 0) is 61.9 Å². The summed E-state index contributed by atoms with van der Waals surface area (Å²) in [6.45, 7) is 8.94. The quantitative estimate of drug-likeness (QED) is 0.915. The molecule has 106 valence electrons. The highest BCUT2D eigenvalue weighted by Gasteiger charge is 2.29. The fourth-order valence-electron chi connectivity index (χ4n) is 3.22. The standard InChI is InChI=1S/C16H25BrN2/c1-11-8-12(2)13(3)19(10-11)16-5-4-15(17)9-14(16)6-7-18/h4-5,9,11-13H,6-8,10,18H2,1-3H3.